The molecule has 2 N–H and O–H groups in total. The highest BCUT2D eigenvalue weighted by Gasteiger charge is 2.23. The van der Waals surface area contributed by atoms with Crippen molar-refractivity contribution in [1.82, 2.24) is 9.88 Å². The second kappa shape index (κ2) is 4.42. The fraction of sp³-hybridized carbons (Fsp3) is 0.286. The van der Waals surface area contributed by atoms with Gasteiger partial charge in [-0.15, -0.1) is 0 Å². The SMILES string of the molecule is O=C(Cn1ccc2cc(C(=O)O)ccc21)NC1CC1. The molecule has 0 saturated heterocycles. The number of rotatable bonds is 4. The number of aromatic nitrogens is 1. The van der Waals surface area contributed by atoms with Gasteiger partial charge in [0, 0.05) is 23.1 Å². The third kappa shape index (κ3) is 2.45. The lowest BCUT2D eigenvalue weighted by molar-refractivity contribution is -0.121. The van der Waals surface area contributed by atoms with Crippen LogP contribution in [0.3, 0.4) is 0 Å². The van der Waals surface area contributed by atoms with Gasteiger partial charge in [0.2, 0.25) is 5.91 Å². The van der Waals surface area contributed by atoms with E-state index in [0.29, 0.717) is 6.04 Å². The smallest absolute Gasteiger partial charge is 0.335 e. The van der Waals surface area contributed by atoms with Crippen molar-refractivity contribution in [1.29, 1.82) is 0 Å². The van der Waals surface area contributed by atoms with Crippen LogP contribution < -0.4 is 5.32 Å². The summed E-state index contributed by atoms with van der Waals surface area (Å²) in [6.07, 6.45) is 3.95. The number of carboxylic acid groups (broad SMARTS) is 1. The predicted molar refractivity (Wildman–Crippen MR) is 70.1 cm³/mol. The summed E-state index contributed by atoms with van der Waals surface area (Å²) >= 11 is 0. The standard InChI is InChI=1S/C14H14N2O3/c17-13(15-11-2-3-11)8-16-6-5-9-7-10(14(18)19)1-4-12(9)16/h1,4-7,11H,2-3,8H2,(H,15,17)(H,18,19). The molecule has 5 heteroatoms. The van der Waals surface area contributed by atoms with Gasteiger partial charge in [-0.1, -0.05) is 0 Å². The summed E-state index contributed by atoms with van der Waals surface area (Å²) < 4.78 is 1.83. The number of aromatic carboxylic acids is 1. The van der Waals surface area contributed by atoms with Crippen molar-refractivity contribution in [2.75, 3.05) is 0 Å². The first-order valence-corrected chi connectivity index (χ1v) is 6.25. The summed E-state index contributed by atoms with van der Waals surface area (Å²) in [7, 11) is 0. The Labute approximate surface area is 109 Å². The monoisotopic (exact) mass is 258 g/mol. The molecular weight excluding hydrogens is 244 g/mol. The van der Waals surface area contributed by atoms with Gasteiger partial charge >= 0.3 is 5.97 Å². The van der Waals surface area contributed by atoms with Gasteiger partial charge in [-0.25, -0.2) is 4.79 Å². The van der Waals surface area contributed by atoms with Gasteiger partial charge in [0.05, 0.1) is 5.56 Å². The Kier molecular flexibility index (Phi) is 2.74. The highest BCUT2D eigenvalue weighted by Crippen LogP contribution is 2.20. The topological polar surface area (TPSA) is 71.3 Å². The van der Waals surface area contributed by atoms with Crippen LogP contribution in [0.2, 0.25) is 0 Å². The fourth-order valence-electron chi connectivity index (χ4n) is 2.13. The van der Waals surface area contributed by atoms with E-state index in [4.69, 9.17) is 5.11 Å². The summed E-state index contributed by atoms with van der Waals surface area (Å²) in [5.74, 6) is -0.941. The molecule has 0 radical (unpaired) electrons. The average Bonchev–Trinajstić information content (AvgIpc) is 3.09. The lowest BCUT2D eigenvalue weighted by Crippen LogP contribution is -2.28. The molecule has 1 aromatic carbocycles. The Morgan fingerprint density at radius 2 is 2.11 bits per heavy atom. The van der Waals surface area contributed by atoms with Crippen LogP contribution in [0, 0.1) is 0 Å². The fourth-order valence-corrected chi connectivity index (χ4v) is 2.13. The number of fused-ring (bicyclic) bond motifs is 1. The van der Waals surface area contributed by atoms with E-state index in [2.05, 4.69) is 5.32 Å². The third-order valence-corrected chi connectivity index (χ3v) is 3.27. The normalized spacial score (nSPS) is 14.5. The molecule has 5 nitrogen and oxygen atoms in total. The maximum Gasteiger partial charge on any atom is 0.335 e. The maximum absolute atomic E-state index is 11.8. The van der Waals surface area contributed by atoms with E-state index < -0.39 is 5.97 Å². The van der Waals surface area contributed by atoms with E-state index in [9.17, 15) is 9.59 Å². The van der Waals surface area contributed by atoms with E-state index >= 15 is 0 Å². The molecule has 0 unspecified atom stereocenters. The molecule has 1 fully saturated rings. The minimum absolute atomic E-state index is 0.00214. The van der Waals surface area contributed by atoms with E-state index in [0.717, 1.165) is 23.7 Å². The molecule has 2 aromatic rings. The summed E-state index contributed by atoms with van der Waals surface area (Å²) in [6.45, 7) is 0.270. The van der Waals surface area contributed by atoms with Gasteiger partial charge < -0.3 is 15.0 Å². The van der Waals surface area contributed by atoms with Gasteiger partial charge in [0.25, 0.3) is 0 Å². The van der Waals surface area contributed by atoms with Crippen LogP contribution >= 0.6 is 0 Å². The minimum atomic E-state index is -0.943. The Bertz CT molecular complexity index is 656. The van der Waals surface area contributed by atoms with E-state index in [1.54, 1.807) is 18.2 Å². The quantitative estimate of drug-likeness (QED) is 0.875. The maximum atomic E-state index is 11.8. The van der Waals surface area contributed by atoms with Crippen LogP contribution in [0.25, 0.3) is 10.9 Å². The number of hydrogen-bond acceptors (Lipinski definition) is 2. The number of benzene rings is 1. The first kappa shape index (κ1) is 11.8. The van der Waals surface area contributed by atoms with E-state index in [-0.39, 0.29) is 18.0 Å². The molecule has 1 heterocycles. The van der Waals surface area contributed by atoms with Gasteiger partial charge in [0.1, 0.15) is 6.54 Å². The van der Waals surface area contributed by atoms with E-state index in [1.807, 2.05) is 16.8 Å². The highest BCUT2D eigenvalue weighted by molar-refractivity contribution is 5.94. The molecule has 1 aliphatic rings. The molecule has 1 aromatic heterocycles. The molecule has 19 heavy (non-hydrogen) atoms. The molecule has 3 rings (SSSR count). The summed E-state index contributed by atoms with van der Waals surface area (Å²) in [5.41, 5.74) is 1.13. The van der Waals surface area contributed by atoms with Crippen LogP contribution in [-0.2, 0) is 11.3 Å². The number of carbonyl (C=O) groups excluding carboxylic acids is 1. The molecule has 1 saturated carbocycles. The second-order valence-corrected chi connectivity index (χ2v) is 4.86. The molecule has 1 amide bonds. The molecule has 0 aliphatic heterocycles. The molecular formula is C14H14N2O3. The lowest BCUT2D eigenvalue weighted by atomic mass is 10.1. The number of amides is 1. The minimum Gasteiger partial charge on any atom is -0.478 e. The van der Waals surface area contributed by atoms with Crippen molar-refractivity contribution in [3.63, 3.8) is 0 Å². The number of carbonyl (C=O) groups is 2. The van der Waals surface area contributed by atoms with Gasteiger partial charge in [0.15, 0.2) is 0 Å². The Morgan fingerprint density at radius 3 is 2.79 bits per heavy atom. The van der Waals surface area contributed by atoms with Crippen LogP contribution in [-0.4, -0.2) is 27.6 Å². The zero-order valence-corrected chi connectivity index (χ0v) is 10.3. The van der Waals surface area contributed by atoms with Crippen molar-refractivity contribution in [3.8, 4) is 0 Å². The second-order valence-electron chi connectivity index (χ2n) is 4.86. The third-order valence-electron chi connectivity index (χ3n) is 3.27. The zero-order valence-electron chi connectivity index (χ0n) is 10.3. The predicted octanol–water partition coefficient (Wildman–Crippen LogP) is 1.62. The number of carboxylic acids is 1. The van der Waals surface area contributed by atoms with Crippen molar-refractivity contribution < 1.29 is 14.7 Å². The zero-order chi connectivity index (χ0) is 13.4. The Hall–Kier alpha value is -2.30. The first-order chi connectivity index (χ1) is 9.13. The van der Waals surface area contributed by atoms with Crippen LogP contribution in [0.4, 0.5) is 0 Å². The first-order valence-electron chi connectivity index (χ1n) is 6.25. The largest absolute Gasteiger partial charge is 0.478 e. The molecule has 0 atom stereocenters. The van der Waals surface area contributed by atoms with Gasteiger partial charge in [-0.2, -0.15) is 0 Å². The highest BCUT2D eigenvalue weighted by atomic mass is 16.4. The summed E-state index contributed by atoms with van der Waals surface area (Å²) in [5, 5.41) is 12.7. The number of nitrogens with one attached hydrogen (secondary N) is 1. The van der Waals surface area contributed by atoms with Gasteiger partial charge in [-0.05, 0) is 37.1 Å². The number of hydrogen-bond donors (Lipinski definition) is 2. The van der Waals surface area contributed by atoms with Crippen LogP contribution in [0.1, 0.15) is 23.2 Å². The number of nitrogens with zero attached hydrogens (tertiary/aromatic N) is 1. The average molecular weight is 258 g/mol. The van der Waals surface area contributed by atoms with Crippen molar-refractivity contribution >= 4 is 22.8 Å². The van der Waals surface area contributed by atoms with E-state index in [1.165, 1.54) is 0 Å². The van der Waals surface area contributed by atoms with Crippen LogP contribution in [0.15, 0.2) is 30.5 Å². The van der Waals surface area contributed by atoms with Crippen LogP contribution in [0.5, 0.6) is 0 Å². The van der Waals surface area contributed by atoms with Gasteiger partial charge in [-0.3, -0.25) is 4.79 Å². The molecule has 0 bridgehead atoms. The van der Waals surface area contributed by atoms with Crippen molar-refractivity contribution in [3.05, 3.63) is 36.0 Å². The van der Waals surface area contributed by atoms with Crippen molar-refractivity contribution in [2.45, 2.75) is 25.4 Å². The summed E-state index contributed by atoms with van der Waals surface area (Å²) in [6, 6.07) is 7.09. The Balaban J connectivity index is 1.83. The molecule has 1 aliphatic carbocycles. The summed E-state index contributed by atoms with van der Waals surface area (Å²) in [4.78, 5) is 22.6. The lowest BCUT2D eigenvalue weighted by Gasteiger charge is -2.06. The molecule has 98 valence electrons. The van der Waals surface area contributed by atoms with Crippen molar-refractivity contribution in [2.24, 2.45) is 0 Å². The molecule has 0 spiro atoms. The Morgan fingerprint density at radius 1 is 1.32 bits per heavy atom.